The second kappa shape index (κ2) is 8.49. The van der Waals surface area contributed by atoms with E-state index in [4.69, 9.17) is 16.3 Å². The van der Waals surface area contributed by atoms with E-state index in [0.717, 1.165) is 24.9 Å². The summed E-state index contributed by atoms with van der Waals surface area (Å²) in [6.07, 6.45) is 3.35. The zero-order valence-corrected chi connectivity index (χ0v) is 16.4. The number of nitrogens with zero attached hydrogens (tertiary/aromatic N) is 3. The lowest BCUT2D eigenvalue weighted by Gasteiger charge is -2.25. The summed E-state index contributed by atoms with van der Waals surface area (Å²) in [6, 6.07) is 17.2. The van der Waals surface area contributed by atoms with Gasteiger partial charge in [-0.1, -0.05) is 41.9 Å². The van der Waals surface area contributed by atoms with Gasteiger partial charge in [-0.05, 0) is 42.7 Å². The molecule has 0 amide bonds. The Morgan fingerprint density at radius 1 is 1.17 bits per heavy atom. The van der Waals surface area contributed by atoms with Crippen molar-refractivity contribution in [2.45, 2.75) is 25.5 Å². The van der Waals surface area contributed by atoms with E-state index in [1.54, 1.807) is 0 Å². The zero-order chi connectivity index (χ0) is 20.2. The van der Waals surface area contributed by atoms with Gasteiger partial charge in [0.2, 0.25) is 5.95 Å². The molecule has 0 aliphatic carbocycles. The van der Waals surface area contributed by atoms with E-state index in [0.29, 0.717) is 22.4 Å². The van der Waals surface area contributed by atoms with Gasteiger partial charge in [-0.25, -0.2) is 14.8 Å². The first-order chi connectivity index (χ1) is 14.1. The molecule has 29 heavy (non-hydrogen) atoms. The molecule has 2 aromatic carbocycles. The molecule has 4 rings (SSSR count). The Bertz CT molecular complexity index is 996. The molecule has 1 N–H and O–H groups in total. The molecule has 1 aliphatic rings. The van der Waals surface area contributed by atoms with Crippen LogP contribution in [0.4, 0.5) is 5.95 Å². The van der Waals surface area contributed by atoms with Crippen LogP contribution in [0.3, 0.4) is 0 Å². The van der Waals surface area contributed by atoms with Gasteiger partial charge in [0.25, 0.3) is 0 Å². The predicted octanol–water partition coefficient (Wildman–Crippen LogP) is 4.75. The molecule has 148 valence electrons. The van der Waals surface area contributed by atoms with Gasteiger partial charge in [0.05, 0.1) is 11.7 Å². The smallest absolute Gasteiger partial charge is 0.339 e. The van der Waals surface area contributed by atoms with Crippen LogP contribution in [-0.2, 0) is 6.61 Å². The van der Waals surface area contributed by atoms with Crippen molar-refractivity contribution >= 4 is 23.5 Å². The van der Waals surface area contributed by atoms with Gasteiger partial charge in [-0.3, -0.25) is 0 Å². The summed E-state index contributed by atoms with van der Waals surface area (Å²) in [4.78, 5) is 22.6. The van der Waals surface area contributed by atoms with Gasteiger partial charge < -0.3 is 14.7 Å². The van der Waals surface area contributed by atoms with Gasteiger partial charge >= 0.3 is 5.97 Å². The molecule has 1 saturated heterocycles. The second-order valence-corrected chi connectivity index (χ2v) is 7.28. The lowest BCUT2D eigenvalue weighted by atomic mass is 10.1. The van der Waals surface area contributed by atoms with Crippen LogP contribution in [0.25, 0.3) is 0 Å². The highest BCUT2D eigenvalue weighted by Gasteiger charge is 2.29. The van der Waals surface area contributed by atoms with Crippen molar-refractivity contribution in [3.63, 3.8) is 0 Å². The molecule has 0 saturated carbocycles. The van der Waals surface area contributed by atoms with Gasteiger partial charge in [0, 0.05) is 17.8 Å². The number of carboxylic acids is 1. The molecule has 1 aromatic heterocycles. The Labute approximate surface area is 173 Å². The third kappa shape index (κ3) is 4.32. The number of halogens is 1. The first-order valence-corrected chi connectivity index (χ1v) is 9.79. The third-order valence-electron chi connectivity index (χ3n) is 4.97. The number of hydrogen-bond donors (Lipinski definition) is 1. The molecule has 0 bridgehead atoms. The number of hydrogen-bond acceptors (Lipinski definition) is 5. The molecule has 1 atom stereocenters. The number of aromatic carboxylic acids is 1. The van der Waals surface area contributed by atoms with E-state index in [9.17, 15) is 9.90 Å². The summed E-state index contributed by atoms with van der Waals surface area (Å²) >= 11 is 6.02. The highest BCUT2D eigenvalue weighted by Crippen LogP contribution is 2.35. The Hall–Kier alpha value is -3.12. The van der Waals surface area contributed by atoms with Gasteiger partial charge in [-0.15, -0.1) is 0 Å². The number of carboxylic acid groups (broad SMARTS) is 1. The van der Waals surface area contributed by atoms with Crippen molar-refractivity contribution < 1.29 is 14.6 Å². The molecule has 1 fully saturated rings. The molecule has 3 aromatic rings. The second-order valence-electron chi connectivity index (χ2n) is 6.84. The average Bonchev–Trinajstić information content (AvgIpc) is 3.23. The van der Waals surface area contributed by atoms with E-state index >= 15 is 0 Å². The maximum absolute atomic E-state index is 11.6. The van der Waals surface area contributed by atoms with Crippen molar-refractivity contribution in [3.05, 3.63) is 82.6 Å². The Morgan fingerprint density at radius 3 is 2.66 bits per heavy atom. The van der Waals surface area contributed by atoms with E-state index in [1.165, 1.54) is 6.20 Å². The lowest BCUT2D eigenvalue weighted by Crippen LogP contribution is -2.26. The SMILES string of the molecule is O=C(O)c1cnc(N2CCC[C@@H]2c2ccc(Cl)cc2)nc1COc1ccccc1. The van der Waals surface area contributed by atoms with Gasteiger partial charge in [-0.2, -0.15) is 0 Å². The van der Waals surface area contributed by atoms with Crippen molar-refractivity contribution in [2.75, 3.05) is 11.4 Å². The number of benzene rings is 2. The summed E-state index contributed by atoms with van der Waals surface area (Å²) in [5, 5.41) is 10.2. The van der Waals surface area contributed by atoms with Gasteiger partial charge in [0.15, 0.2) is 0 Å². The van der Waals surface area contributed by atoms with Crippen LogP contribution in [0.1, 0.15) is 40.5 Å². The normalized spacial score (nSPS) is 16.0. The summed E-state index contributed by atoms with van der Waals surface area (Å²) in [5.41, 5.74) is 1.54. The number of aromatic nitrogens is 2. The third-order valence-corrected chi connectivity index (χ3v) is 5.22. The number of ether oxygens (including phenoxy) is 1. The van der Waals surface area contributed by atoms with Crippen LogP contribution in [0.2, 0.25) is 5.02 Å². The Kier molecular flexibility index (Phi) is 5.62. The fourth-order valence-corrected chi connectivity index (χ4v) is 3.67. The highest BCUT2D eigenvalue weighted by molar-refractivity contribution is 6.30. The molecular formula is C22H20ClN3O3. The number of anilines is 1. The van der Waals surface area contributed by atoms with Crippen LogP contribution in [0.15, 0.2) is 60.8 Å². The predicted molar refractivity (Wildman–Crippen MR) is 111 cm³/mol. The molecule has 0 unspecified atom stereocenters. The Morgan fingerprint density at radius 2 is 1.93 bits per heavy atom. The molecule has 1 aliphatic heterocycles. The first-order valence-electron chi connectivity index (χ1n) is 9.41. The maximum atomic E-state index is 11.6. The largest absolute Gasteiger partial charge is 0.487 e. The van der Waals surface area contributed by atoms with Crippen molar-refractivity contribution in [3.8, 4) is 5.75 Å². The number of para-hydroxylation sites is 1. The van der Waals surface area contributed by atoms with Crippen LogP contribution >= 0.6 is 11.6 Å². The summed E-state index contributed by atoms with van der Waals surface area (Å²) < 4.78 is 5.74. The fraction of sp³-hybridized carbons (Fsp3) is 0.227. The molecule has 6 nitrogen and oxygen atoms in total. The minimum atomic E-state index is -1.07. The van der Waals surface area contributed by atoms with E-state index in [-0.39, 0.29) is 18.2 Å². The van der Waals surface area contributed by atoms with Crippen molar-refractivity contribution in [1.29, 1.82) is 0 Å². The highest BCUT2D eigenvalue weighted by atomic mass is 35.5. The van der Waals surface area contributed by atoms with Crippen LogP contribution in [0.5, 0.6) is 5.75 Å². The summed E-state index contributed by atoms with van der Waals surface area (Å²) in [6.45, 7) is 0.860. The first kappa shape index (κ1) is 19.2. The molecule has 2 heterocycles. The number of rotatable bonds is 6. The van der Waals surface area contributed by atoms with E-state index in [2.05, 4.69) is 14.9 Å². The zero-order valence-electron chi connectivity index (χ0n) is 15.7. The lowest BCUT2D eigenvalue weighted by molar-refractivity contribution is 0.0692. The van der Waals surface area contributed by atoms with Crippen LogP contribution in [-0.4, -0.2) is 27.6 Å². The quantitative estimate of drug-likeness (QED) is 0.633. The molecule has 0 spiro atoms. The Balaban J connectivity index is 1.61. The van der Waals surface area contributed by atoms with Crippen molar-refractivity contribution in [1.82, 2.24) is 9.97 Å². The van der Waals surface area contributed by atoms with Crippen LogP contribution in [0, 0.1) is 0 Å². The topological polar surface area (TPSA) is 75.5 Å². The summed E-state index contributed by atoms with van der Waals surface area (Å²) in [5.74, 6) is 0.0993. The van der Waals surface area contributed by atoms with E-state index in [1.807, 2.05) is 54.6 Å². The monoisotopic (exact) mass is 409 g/mol. The fourth-order valence-electron chi connectivity index (χ4n) is 3.54. The standard InChI is InChI=1S/C22H20ClN3O3/c23-16-10-8-15(9-11-16)20-7-4-12-26(20)22-24-13-18(21(27)28)19(25-22)14-29-17-5-2-1-3-6-17/h1-3,5-6,8-11,13,20H,4,7,12,14H2,(H,27,28)/t20-/m1/s1. The average molecular weight is 410 g/mol. The summed E-state index contributed by atoms with van der Waals surface area (Å²) in [7, 11) is 0. The van der Waals surface area contributed by atoms with Gasteiger partial charge in [0.1, 0.15) is 17.9 Å². The minimum absolute atomic E-state index is 0.0481. The molecule has 7 heteroatoms. The van der Waals surface area contributed by atoms with E-state index < -0.39 is 5.97 Å². The van der Waals surface area contributed by atoms with Crippen molar-refractivity contribution in [2.24, 2.45) is 0 Å². The molecule has 0 radical (unpaired) electrons. The maximum Gasteiger partial charge on any atom is 0.339 e. The number of carbonyl (C=O) groups is 1. The van der Waals surface area contributed by atoms with Crippen LogP contribution < -0.4 is 9.64 Å². The molecular weight excluding hydrogens is 390 g/mol. The minimum Gasteiger partial charge on any atom is -0.487 e.